The van der Waals surface area contributed by atoms with Crippen molar-refractivity contribution in [3.05, 3.63) is 53.1 Å². The lowest BCUT2D eigenvalue weighted by atomic mass is 10.0. The molecule has 9 heteroatoms. The van der Waals surface area contributed by atoms with Crippen molar-refractivity contribution in [3.8, 4) is 0 Å². The van der Waals surface area contributed by atoms with E-state index in [4.69, 9.17) is 10.5 Å². The van der Waals surface area contributed by atoms with Gasteiger partial charge in [0.15, 0.2) is 0 Å². The highest BCUT2D eigenvalue weighted by Crippen LogP contribution is 2.24. The summed E-state index contributed by atoms with van der Waals surface area (Å²) >= 11 is 0. The minimum atomic E-state index is -0.792. The fourth-order valence-corrected chi connectivity index (χ4v) is 3.86. The summed E-state index contributed by atoms with van der Waals surface area (Å²) in [6, 6.07) is 1.19. The van der Waals surface area contributed by atoms with Gasteiger partial charge in [-0.15, -0.1) is 0 Å². The average molecular weight is 528 g/mol. The van der Waals surface area contributed by atoms with E-state index in [0.29, 0.717) is 36.9 Å². The van der Waals surface area contributed by atoms with E-state index >= 15 is 0 Å². The second kappa shape index (κ2) is 16.3. The second-order valence-corrected chi connectivity index (χ2v) is 9.58. The van der Waals surface area contributed by atoms with E-state index in [0.717, 1.165) is 17.7 Å². The van der Waals surface area contributed by atoms with Crippen LogP contribution in [0, 0.1) is 5.92 Å². The average Bonchev–Trinajstić information content (AvgIpc) is 3.32. The number of aliphatic imine (C=N–C) groups is 1. The predicted molar refractivity (Wildman–Crippen MR) is 153 cm³/mol. The Morgan fingerprint density at radius 1 is 1.21 bits per heavy atom. The molecule has 1 aromatic heterocycles. The van der Waals surface area contributed by atoms with Crippen LogP contribution in [0.3, 0.4) is 0 Å². The number of carbonyl (C=O) groups excluding carboxylic acids is 3. The van der Waals surface area contributed by atoms with Gasteiger partial charge in [-0.3, -0.25) is 19.4 Å². The molecule has 0 aliphatic rings. The maximum Gasteiger partial charge on any atom is 0.305 e. The third-order valence-corrected chi connectivity index (χ3v) is 6.11. The van der Waals surface area contributed by atoms with Crippen molar-refractivity contribution in [1.82, 2.24) is 15.6 Å². The van der Waals surface area contributed by atoms with Gasteiger partial charge < -0.3 is 26.1 Å². The van der Waals surface area contributed by atoms with Crippen LogP contribution in [0.5, 0.6) is 0 Å². The predicted octanol–water partition coefficient (Wildman–Crippen LogP) is 4.35. The van der Waals surface area contributed by atoms with Crippen molar-refractivity contribution >= 4 is 29.6 Å². The molecule has 0 aliphatic heterocycles. The lowest BCUT2D eigenvalue weighted by Crippen LogP contribution is -2.50. The minimum absolute atomic E-state index is 0.184. The number of hydrogen-bond donors (Lipinski definition) is 4. The van der Waals surface area contributed by atoms with Gasteiger partial charge in [0.1, 0.15) is 6.04 Å². The van der Waals surface area contributed by atoms with Crippen LogP contribution in [0.15, 0.2) is 46.9 Å². The molecule has 0 radical (unpaired) electrons. The highest BCUT2D eigenvalue weighted by atomic mass is 16.5. The first-order valence-corrected chi connectivity index (χ1v) is 13.2. The number of aromatic amines is 1. The van der Waals surface area contributed by atoms with Crippen molar-refractivity contribution in [3.63, 3.8) is 0 Å². The van der Waals surface area contributed by atoms with E-state index in [9.17, 15) is 14.4 Å². The Bertz CT molecular complexity index is 1060. The lowest BCUT2D eigenvalue weighted by Gasteiger charge is -2.23. The number of carbonyl (C=O) groups is 3. The number of allylic oxidation sites excluding steroid dienone is 2. The zero-order valence-corrected chi connectivity index (χ0v) is 23.9. The van der Waals surface area contributed by atoms with Gasteiger partial charge in [0.25, 0.3) is 5.91 Å². The molecule has 2 amide bonds. The van der Waals surface area contributed by atoms with Crippen LogP contribution in [-0.4, -0.2) is 47.7 Å². The Hall–Kier alpha value is -3.62. The molecule has 0 saturated carbocycles. The Morgan fingerprint density at radius 2 is 1.89 bits per heavy atom. The number of esters is 1. The van der Waals surface area contributed by atoms with Crippen LogP contribution in [0.2, 0.25) is 0 Å². The third kappa shape index (κ3) is 10.0. The number of H-pyrrole nitrogens is 1. The molecule has 2 atom stereocenters. The maximum absolute atomic E-state index is 13.3. The number of aromatic nitrogens is 1. The quantitative estimate of drug-likeness (QED) is 0.0883. The largest absolute Gasteiger partial charge is 0.466 e. The fourth-order valence-electron chi connectivity index (χ4n) is 3.86. The zero-order valence-electron chi connectivity index (χ0n) is 23.9. The summed E-state index contributed by atoms with van der Waals surface area (Å²) in [6.45, 7) is 17.5. The molecule has 9 nitrogen and oxygen atoms in total. The number of amides is 2. The van der Waals surface area contributed by atoms with Crippen molar-refractivity contribution in [1.29, 1.82) is 0 Å². The van der Waals surface area contributed by atoms with Crippen LogP contribution in [0.25, 0.3) is 6.08 Å². The molecular weight excluding hydrogens is 482 g/mol. The summed E-state index contributed by atoms with van der Waals surface area (Å²) in [4.78, 5) is 45.5. The first-order chi connectivity index (χ1) is 18.0. The molecule has 1 rings (SSSR count). The maximum atomic E-state index is 13.3. The minimum Gasteiger partial charge on any atom is -0.466 e. The highest BCUT2D eigenvalue weighted by Gasteiger charge is 2.27. The number of rotatable bonds is 15. The van der Waals surface area contributed by atoms with E-state index in [1.807, 2.05) is 32.2 Å². The van der Waals surface area contributed by atoms with Crippen molar-refractivity contribution in [2.75, 3.05) is 13.2 Å². The van der Waals surface area contributed by atoms with Crippen LogP contribution >= 0.6 is 0 Å². The van der Waals surface area contributed by atoms with Crippen LogP contribution < -0.4 is 16.4 Å². The topological polar surface area (TPSA) is 139 Å². The Morgan fingerprint density at radius 3 is 2.45 bits per heavy atom. The van der Waals surface area contributed by atoms with Crippen LogP contribution in [0.4, 0.5) is 0 Å². The van der Waals surface area contributed by atoms with Crippen LogP contribution in [0.1, 0.15) is 84.9 Å². The molecule has 2 unspecified atom stereocenters. The molecule has 0 aliphatic carbocycles. The molecule has 0 aromatic carbocycles. The SMILES string of the molecule is C=CC(=C\c1cc[nH]c1C(C)CC)/N=C(C)/C(C(=O)NC(C(=O)NCCCC(=O)OCC)C(C)C)=C(/C)N. The number of hydrogen-bond acceptors (Lipinski definition) is 6. The van der Waals surface area contributed by atoms with Crippen molar-refractivity contribution in [2.24, 2.45) is 16.6 Å². The standard InChI is InChI=1S/C29H45N5O4/c1-9-19(6)27-22(14-16-31-27)17-23(10-2)33-21(8)25(20(7)30)28(36)34-26(18(4)5)29(37)32-15-12-13-24(35)38-11-3/h10,14,16-19,26,31H,2,9,11-13,15,30H2,1,3-8H3,(H,32,37)(H,34,36)/b23-17+,25-20+,33-21+. The monoisotopic (exact) mass is 527 g/mol. The molecule has 0 spiro atoms. The van der Waals surface area contributed by atoms with E-state index in [-0.39, 0.29) is 35.5 Å². The number of nitrogens with two attached hydrogens (primary N) is 1. The number of nitrogens with zero attached hydrogens (tertiary/aromatic N) is 1. The first kappa shape index (κ1) is 32.4. The summed E-state index contributed by atoms with van der Waals surface area (Å²) in [7, 11) is 0. The summed E-state index contributed by atoms with van der Waals surface area (Å²) in [6.07, 6.45) is 7.07. The van der Waals surface area contributed by atoms with Gasteiger partial charge in [-0.05, 0) is 69.2 Å². The Kier molecular flexibility index (Phi) is 13.9. The summed E-state index contributed by atoms with van der Waals surface area (Å²) in [5.74, 6) is -0.963. The van der Waals surface area contributed by atoms with E-state index in [1.165, 1.54) is 0 Å². The van der Waals surface area contributed by atoms with Gasteiger partial charge in [0.05, 0.1) is 23.6 Å². The van der Waals surface area contributed by atoms with Crippen molar-refractivity contribution in [2.45, 2.75) is 79.7 Å². The van der Waals surface area contributed by atoms with Gasteiger partial charge in [0.2, 0.25) is 5.91 Å². The number of ether oxygens (including phenoxy) is 1. The smallest absolute Gasteiger partial charge is 0.305 e. The van der Waals surface area contributed by atoms with Gasteiger partial charge in [-0.25, -0.2) is 0 Å². The van der Waals surface area contributed by atoms with E-state index < -0.39 is 11.9 Å². The molecule has 210 valence electrons. The van der Waals surface area contributed by atoms with Gasteiger partial charge in [-0.2, -0.15) is 0 Å². The zero-order chi connectivity index (χ0) is 28.8. The molecule has 38 heavy (non-hydrogen) atoms. The second-order valence-electron chi connectivity index (χ2n) is 9.58. The van der Waals surface area contributed by atoms with E-state index in [1.54, 1.807) is 26.8 Å². The molecule has 1 aromatic rings. The Balaban J connectivity index is 3.05. The lowest BCUT2D eigenvalue weighted by molar-refractivity contribution is -0.143. The van der Waals surface area contributed by atoms with Gasteiger partial charge in [-0.1, -0.05) is 34.3 Å². The molecular formula is C29H45N5O4. The summed E-state index contributed by atoms with van der Waals surface area (Å²) in [5.41, 5.74) is 9.69. The summed E-state index contributed by atoms with van der Waals surface area (Å²) in [5, 5.41) is 5.59. The summed E-state index contributed by atoms with van der Waals surface area (Å²) < 4.78 is 4.90. The van der Waals surface area contributed by atoms with Gasteiger partial charge in [0, 0.05) is 30.6 Å². The van der Waals surface area contributed by atoms with Crippen LogP contribution in [-0.2, 0) is 19.1 Å². The molecule has 0 fully saturated rings. The molecule has 0 saturated heterocycles. The Labute approximate surface area is 227 Å². The van der Waals surface area contributed by atoms with Gasteiger partial charge >= 0.3 is 5.97 Å². The molecule has 5 N–H and O–H groups in total. The van der Waals surface area contributed by atoms with Crippen molar-refractivity contribution < 1.29 is 19.1 Å². The fraction of sp³-hybridized carbons (Fsp3) is 0.517. The molecule has 0 bridgehead atoms. The first-order valence-electron chi connectivity index (χ1n) is 13.2. The highest BCUT2D eigenvalue weighted by molar-refractivity contribution is 6.22. The normalized spacial score (nSPS) is 14.4. The van der Waals surface area contributed by atoms with E-state index in [2.05, 4.69) is 41.0 Å². The third-order valence-electron chi connectivity index (χ3n) is 6.11. The number of nitrogens with one attached hydrogen (secondary N) is 3. The molecule has 1 heterocycles.